The van der Waals surface area contributed by atoms with Crippen molar-refractivity contribution in [2.24, 2.45) is 0 Å². The minimum absolute atomic E-state index is 0.754. The third kappa shape index (κ3) is 18.3. The molecular weight excluding hydrogens is 1380 g/mol. The van der Waals surface area contributed by atoms with Gasteiger partial charge in [-0.1, -0.05) is 0 Å². The molecule has 0 aromatic carbocycles. The van der Waals surface area contributed by atoms with Gasteiger partial charge in [-0.25, -0.2) is 0 Å². The third-order valence-electron chi connectivity index (χ3n) is 18.3. The van der Waals surface area contributed by atoms with Crippen molar-refractivity contribution in [3.63, 3.8) is 0 Å². The molecular formula is C56H94N4O41. The van der Waals surface area contributed by atoms with Gasteiger partial charge in [0.25, 0.3) is 0 Å². The van der Waals surface area contributed by atoms with Crippen LogP contribution >= 0.6 is 0 Å². The van der Waals surface area contributed by atoms with E-state index in [-0.39, 0.29) is 0 Å². The molecule has 0 aromatic rings. The van der Waals surface area contributed by atoms with E-state index in [9.17, 15) is 132 Å². The SMILES string of the molecule is CC(=O)N[C@H]1[C@@H](O[C@@H]2[C@H](O)[C@@H](O)[C@H](O[C@H]3[C@@H](O)[C@@H](CO)O[C@H](O[C@@H]4[C@H](O)[C@@H](O)[C@H](O[C@H]5[C@@H](O)[C@@H](CO)O[C@H](O[C@@H]6[C@H](O)[C@@H](O)[C@H](O[C@H]7[C@@H](O)[C@@H](CO)OC(O)[C@@H]7NC(C)=O)O[C@@H]6CO)[C@@H]5NC(C)=O)O[C@@H]4CO)[C@@H]3NC(C)=O)O[C@@H]2CO)O[C@H](CO)[C@H](O)[C@@H]1O[C@@H]1O[C@H](CO)[C@H](O)[C@H](O)[C@H]1O. The summed E-state index contributed by atoms with van der Waals surface area (Å²) >= 11 is 0. The highest BCUT2D eigenvalue weighted by Crippen LogP contribution is 2.39. The molecule has 0 aromatic heterocycles. The summed E-state index contributed by atoms with van der Waals surface area (Å²) in [6.45, 7) is -4.36. The van der Waals surface area contributed by atoms with Crippen LogP contribution in [0.5, 0.6) is 0 Å². The van der Waals surface area contributed by atoms with Crippen LogP contribution in [0.4, 0.5) is 0 Å². The lowest BCUT2D eigenvalue weighted by atomic mass is 9.93. The molecule has 45 heteroatoms. The number of hydrogen-bond donors (Lipinski definition) is 26. The molecule has 8 aliphatic heterocycles. The zero-order valence-corrected chi connectivity index (χ0v) is 54.3. The lowest BCUT2D eigenvalue weighted by molar-refractivity contribution is -0.385. The second kappa shape index (κ2) is 36.3. The molecule has 1 unspecified atom stereocenters. The molecule has 0 aliphatic carbocycles. The highest BCUT2D eigenvalue weighted by molar-refractivity contribution is 5.74. The van der Waals surface area contributed by atoms with Crippen LogP contribution in [0.15, 0.2) is 0 Å². The molecule has 0 radical (unpaired) electrons. The highest BCUT2D eigenvalue weighted by Gasteiger charge is 2.60. The van der Waals surface area contributed by atoms with Gasteiger partial charge in [0.05, 0.1) is 52.9 Å². The average Bonchev–Trinajstić information content (AvgIpc) is 0.772. The van der Waals surface area contributed by atoms with Gasteiger partial charge in [0.1, 0.15) is 195 Å². The number of aliphatic hydroxyl groups excluding tert-OH is 22. The highest BCUT2D eigenvalue weighted by atomic mass is 16.8. The van der Waals surface area contributed by atoms with E-state index in [0.29, 0.717) is 0 Å². The maximum atomic E-state index is 13.0. The molecule has 101 heavy (non-hydrogen) atoms. The molecule has 8 rings (SSSR count). The van der Waals surface area contributed by atoms with Gasteiger partial charge in [0.2, 0.25) is 23.6 Å². The van der Waals surface area contributed by atoms with E-state index in [0.717, 1.165) is 27.7 Å². The molecule has 8 heterocycles. The quantitative estimate of drug-likeness (QED) is 0.0382. The molecule has 0 saturated carbocycles. The van der Waals surface area contributed by atoms with Crippen LogP contribution in [0.25, 0.3) is 0 Å². The Labute approximate surface area is 572 Å². The molecule has 4 amide bonds. The maximum Gasteiger partial charge on any atom is 0.217 e. The molecule has 0 bridgehead atoms. The fraction of sp³-hybridized carbons (Fsp3) is 0.929. The van der Waals surface area contributed by atoms with Crippen molar-refractivity contribution < 1.29 is 203 Å². The number of carbonyl (C=O) groups is 4. The topological polar surface area (TPSA) is 700 Å². The number of ether oxygens (including phenoxy) is 15. The Hall–Kier alpha value is -3.60. The van der Waals surface area contributed by atoms with Gasteiger partial charge in [-0.15, -0.1) is 0 Å². The fourth-order valence-corrected chi connectivity index (χ4v) is 13.1. The number of carbonyl (C=O) groups excluding carboxylic acids is 4. The van der Waals surface area contributed by atoms with Gasteiger partial charge in [-0.3, -0.25) is 19.2 Å². The molecule has 8 aliphatic rings. The summed E-state index contributed by atoms with van der Waals surface area (Å²) in [6, 6.07) is -7.05. The lowest BCUT2D eigenvalue weighted by Crippen LogP contribution is -2.71. The third-order valence-corrected chi connectivity index (χ3v) is 18.3. The van der Waals surface area contributed by atoms with Crippen molar-refractivity contribution >= 4 is 23.6 Å². The molecule has 0 spiro atoms. The van der Waals surface area contributed by atoms with Crippen LogP contribution in [0.2, 0.25) is 0 Å². The molecule has 26 N–H and O–H groups in total. The van der Waals surface area contributed by atoms with E-state index in [1.807, 2.05) is 0 Å². The van der Waals surface area contributed by atoms with Crippen molar-refractivity contribution in [1.82, 2.24) is 21.3 Å². The van der Waals surface area contributed by atoms with Crippen molar-refractivity contribution in [2.75, 3.05) is 52.9 Å². The number of hydrogen-bond acceptors (Lipinski definition) is 41. The number of aliphatic hydroxyl groups is 22. The van der Waals surface area contributed by atoms with Gasteiger partial charge in [0.15, 0.2) is 50.3 Å². The normalized spacial score (nSPS) is 48.3. The van der Waals surface area contributed by atoms with E-state index < -0.39 is 322 Å². The summed E-state index contributed by atoms with van der Waals surface area (Å²) in [5.41, 5.74) is 0. The number of nitrogens with one attached hydrogen (secondary N) is 4. The Bertz CT molecular complexity index is 2630. The van der Waals surface area contributed by atoms with Crippen LogP contribution < -0.4 is 21.3 Å². The van der Waals surface area contributed by atoms with Gasteiger partial charge in [0, 0.05) is 27.7 Å². The zero-order valence-electron chi connectivity index (χ0n) is 54.3. The standard InChI is InChI=1S/C56H94N4O41/c1-13(69)57-25-45(30(74)18(6-62)87-49(25)86)98-54-39(83)35(79)42(22(10-66)92-54)95-51-27(59-15(3)71)47(32(76)20(8-64)89-51)100-56-41(85)37(81)44(24(12-68)94-56)97-52-28(60-16(4)72)48(33(77)21(9-65)90-52)101-55-40(84)36(80)43(23(11-67)93-55)96-50-26(58-14(2)70)46(31(75)19(7-63)88-50)99-53-38(82)34(78)29(73)17(5-61)91-53/h17-56,61-68,73-86H,5-12H2,1-4H3,(H,57,69)(H,58,70)(H,59,71)(H,60,72)/t17-,18-,19-,20-,21-,22-,23-,24-,25-,26-,27-,28-,29+,30+,31+,32+,33+,34+,35-,36-,37-,38-,39-,40-,41-,42+,43+,44+,45-,46-,47-,48-,49?,50-,51-,52-,53+,54+,55+,56+/m1/s1. The van der Waals surface area contributed by atoms with E-state index in [2.05, 4.69) is 21.3 Å². The Morgan fingerprint density at radius 1 is 0.238 bits per heavy atom. The lowest BCUT2D eigenvalue weighted by Gasteiger charge is -2.51. The summed E-state index contributed by atoms with van der Waals surface area (Å²) in [4.78, 5) is 50.7. The monoisotopic (exact) mass is 1480 g/mol. The summed E-state index contributed by atoms with van der Waals surface area (Å²) in [5, 5.41) is 251. The summed E-state index contributed by atoms with van der Waals surface area (Å²) in [5.74, 6) is -3.45. The van der Waals surface area contributed by atoms with Crippen LogP contribution in [0.3, 0.4) is 0 Å². The molecule has 8 fully saturated rings. The molecule has 45 nitrogen and oxygen atoms in total. The van der Waals surface area contributed by atoms with Crippen molar-refractivity contribution in [3.05, 3.63) is 0 Å². The maximum absolute atomic E-state index is 13.0. The summed E-state index contributed by atoms with van der Waals surface area (Å²) < 4.78 is 87.4. The predicted molar refractivity (Wildman–Crippen MR) is 311 cm³/mol. The van der Waals surface area contributed by atoms with Crippen LogP contribution in [-0.2, 0) is 90.2 Å². The molecule has 8 saturated heterocycles. The molecule has 584 valence electrons. The second-order valence-corrected chi connectivity index (χ2v) is 25.3. The largest absolute Gasteiger partial charge is 0.394 e. The van der Waals surface area contributed by atoms with Crippen molar-refractivity contribution in [2.45, 2.75) is 273 Å². The number of amides is 4. The fourth-order valence-electron chi connectivity index (χ4n) is 13.1. The van der Waals surface area contributed by atoms with E-state index in [1.165, 1.54) is 0 Å². The minimum Gasteiger partial charge on any atom is -0.394 e. The second-order valence-electron chi connectivity index (χ2n) is 25.3. The first-order valence-corrected chi connectivity index (χ1v) is 32.1. The van der Waals surface area contributed by atoms with Crippen LogP contribution in [0, 0.1) is 0 Å². The zero-order chi connectivity index (χ0) is 74.5. The first-order chi connectivity index (χ1) is 47.8. The Morgan fingerprint density at radius 3 is 0.693 bits per heavy atom. The van der Waals surface area contributed by atoms with Crippen molar-refractivity contribution in [1.29, 1.82) is 0 Å². The predicted octanol–water partition coefficient (Wildman–Crippen LogP) is -17.9. The minimum atomic E-state index is -2.37. The van der Waals surface area contributed by atoms with E-state index >= 15 is 0 Å². The smallest absolute Gasteiger partial charge is 0.217 e. The molecule has 40 atom stereocenters. The van der Waals surface area contributed by atoms with Gasteiger partial charge < -0.3 is 205 Å². The first kappa shape index (κ1) is 83.0. The Morgan fingerprint density at radius 2 is 0.436 bits per heavy atom. The van der Waals surface area contributed by atoms with Crippen LogP contribution in [0.1, 0.15) is 27.7 Å². The van der Waals surface area contributed by atoms with Gasteiger partial charge >= 0.3 is 0 Å². The van der Waals surface area contributed by atoms with Crippen LogP contribution in [-0.4, -0.2) is 434 Å². The Kier molecular flexibility index (Phi) is 29.9. The van der Waals surface area contributed by atoms with Gasteiger partial charge in [-0.05, 0) is 0 Å². The van der Waals surface area contributed by atoms with E-state index in [1.54, 1.807) is 0 Å². The summed E-state index contributed by atoms with van der Waals surface area (Å²) in [6.07, 6.45) is -71.2. The van der Waals surface area contributed by atoms with E-state index in [4.69, 9.17) is 71.1 Å². The van der Waals surface area contributed by atoms with Gasteiger partial charge in [-0.2, -0.15) is 0 Å². The average molecular weight is 1480 g/mol. The van der Waals surface area contributed by atoms with Crippen molar-refractivity contribution in [3.8, 4) is 0 Å². The first-order valence-electron chi connectivity index (χ1n) is 32.1. The Balaban J connectivity index is 0.981. The number of rotatable bonds is 26. The summed E-state index contributed by atoms with van der Waals surface area (Å²) in [7, 11) is 0.